The molecule has 3 rings (SSSR count). The van der Waals surface area contributed by atoms with E-state index < -0.39 is 5.63 Å². The van der Waals surface area contributed by atoms with Crippen LogP contribution < -0.4 is 5.63 Å². The number of H-pyrrole nitrogens is 1. The van der Waals surface area contributed by atoms with E-state index >= 15 is 0 Å². The van der Waals surface area contributed by atoms with Crippen LogP contribution in [-0.2, 0) is 0 Å². The van der Waals surface area contributed by atoms with Crippen molar-refractivity contribution in [3.8, 4) is 11.4 Å². The highest BCUT2D eigenvalue weighted by atomic mass is 16.4. The lowest BCUT2D eigenvalue weighted by Gasteiger charge is -2.05. The van der Waals surface area contributed by atoms with Crippen LogP contribution >= 0.6 is 0 Å². The molecule has 3 aromatic rings. The van der Waals surface area contributed by atoms with E-state index in [0.29, 0.717) is 11.1 Å². The molecule has 0 unspecified atom stereocenters. The summed E-state index contributed by atoms with van der Waals surface area (Å²) in [6, 6.07) is 5.73. The minimum absolute atomic E-state index is 0.253. The quantitative estimate of drug-likeness (QED) is 0.655. The molecule has 1 aromatic carbocycles. The summed E-state index contributed by atoms with van der Waals surface area (Å²) in [5, 5.41) is 14.3. The third-order valence-corrected chi connectivity index (χ3v) is 2.89. The first-order chi connectivity index (χ1) is 8.66. The Morgan fingerprint density at radius 2 is 2.11 bits per heavy atom. The molecule has 0 aliphatic carbocycles. The zero-order valence-corrected chi connectivity index (χ0v) is 9.89. The molecule has 0 aliphatic heterocycles. The van der Waals surface area contributed by atoms with E-state index in [-0.39, 0.29) is 5.82 Å². The Hall–Kier alpha value is -2.50. The first-order valence-electron chi connectivity index (χ1n) is 5.44. The number of tetrazole rings is 1. The van der Waals surface area contributed by atoms with Gasteiger partial charge in [-0.2, -0.15) is 5.21 Å². The Kier molecular flexibility index (Phi) is 2.22. The molecule has 0 radical (unpaired) electrons. The van der Waals surface area contributed by atoms with E-state index in [1.165, 1.54) is 0 Å². The lowest BCUT2D eigenvalue weighted by molar-refractivity contribution is 0.561. The number of hydrogen-bond acceptors (Lipinski definition) is 5. The van der Waals surface area contributed by atoms with E-state index in [0.717, 1.165) is 16.5 Å². The number of rotatable bonds is 1. The van der Waals surface area contributed by atoms with Crippen LogP contribution in [0.15, 0.2) is 27.4 Å². The number of aromatic amines is 1. The van der Waals surface area contributed by atoms with Crippen molar-refractivity contribution in [1.82, 2.24) is 20.6 Å². The lowest BCUT2D eigenvalue weighted by atomic mass is 10.0. The minimum atomic E-state index is -0.452. The van der Waals surface area contributed by atoms with Crippen molar-refractivity contribution in [3.05, 3.63) is 39.7 Å². The summed E-state index contributed by atoms with van der Waals surface area (Å²) in [5.74, 6) is 0.253. The molecule has 0 saturated carbocycles. The van der Waals surface area contributed by atoms with Gasteiger partial charge in [-0.1, -0.05) is 12.1 Å². The number of aromatic nitrogens is 4. The normalized spacial score (nSPS) is 11.0. The fraction of sp³-hybridized carbons (Fsp3) is 0.167. The van der Waals surface area contributed by atoms with Gasteiger partial charge in [-0.25, -0.2) is 4.79 Å². The third kappa shape index (κ3) is 1.50. The van der Waals surface area contributed by atoms with E-state index in [9.17, 15) is 4.79 Å². The topological polar surface area (TPSA) is 84.7 Å². The number of hydrogen-bond donors (Lipinski definition) is 1. The summed E-state index contributed by atoms with van der Waals surface area (Å²) >= 11 is 0. The van der Waals surface area contributed by atoms with Crippen molar-refractivity contribution < 1.29 is 4.42 Å². The second-order valence-corrected chi connectivity index (χ2v) is 4.12. The molecule has 0 saturated heterocycles. The summed E-state index contributed by atoms with van der Waals surface area (Å²) in [6.07, 6.45) is 0. The molecule has 0 fully saturated rings. The van der Waals surface area contributed by atoms with Crippen LogP contribution in [0.5, 0.6) is 0 Å². The van der Waals surface area contributed by atoms with E-state index in [4.69, 9.17) is 4.42 Å². The van der Waals surface area contributed by atoms with Gasteiger partial charge in [0.1, 0.15) is 11.1 Å². The van der Waals surface area contributed by atoms with Crippen molar-refractivity contribution >= 4 is 11.0 Å². The Bertz CT molecular complexity index is 775. The van der Waals surface area contributed by atoms with Crippen LogP contribution in [0.3, 0.4) is 0 Å². The molecule has 2 heterocycles. The third-order valence-electron chi connectivity index (χ3n) is 2.89. The summed E-state index contributed by atoms with van der Waals surface area (Å²) in [7, 11) is 0. The van der Waals surface area contributed by atoms with Gasteiger partial charge >= 0.3 is 5.63 Å². The molecule has 2 aromatic heterocycles. The average molecular weight is 242 g/mol. The monoisotopic (exact) mass is 242 g/mol. The van der Waals surface area contributed by atoms with Gasteiger partial charge < -0.3 is 4.42 Å². The lowest BCUT2D eigenvalue weighted by Crippen LogP contribution is -2.07. The second kappa shape index (κ2) is 3.76. The molecule has 1 N–H and O–H groups in total. The molecule has 0 bridgehead atoms. The Morgan fingerprint density at radius 1 is 1.28 bits per heavy atom. The Morgan fingerprint density at radius 3 is 2.83 bits per heavy atom. The predicted octanol–water partition coefficient (Wildman–Crippen LogP) is 1.59. The van der Waals surface area contributed by atoms with Gasteiger partial charge in [0.15, 0.2) is 0 Å². The number of benzene rings is 1. The first-order valence-corrected chi connectivity index (χ1v) is 5.44. The minimum Gasteiger partial charge on any atom is -0.422 e. The van der Waals surface area contributed by atoms with Crippen LogP contribution in [0, 0.1) is 13.8 Å². The summed E-state index contributed by atoms with van der Waals surface area (Å²) in [4.78, 5) is 12.0. The number of aryl methyl sites for hydroxylation is 2. The largest absolute Gasteiger partial charge is 0.422 e. The number of nitrogens with one attached hydrogen (secondary N) is 1. The van der Waals surface area contributed by atoms with Crippen LogP contribution in [0.2, 0.25) is 0 Å². The average Bonchev–Trinajstić information content (AvgIpc) is 2.82. The molecule has 0 aliphatic rings. The van der Waals surface area contributed by atoms with Crippen molar-refractivity contribution in [2.75, 3.05) is 0 Å². The van der Waals surface area contributed by atoms with Crippen LogP contribution in [0.4, 0.5) is 0 Å². The van der Waals surface area contributed by atoms with Crippen molar-refractivity contribution in [1.29, 1.82) is 0 Å². The molecule has 0 amide bonds. The van der Waals surface area contributed by atoms with Gasteiger partial charge in [-0.15, -0.1) is 10.2 Å². The Labute approximate surface area is 102 Å². The van der Waals surface area contributed by atoms with E-state index in [2.05, 4.69) is 20.6 Å². The fourth-order valence-electron chi connectivity index (χ4n) is 1.99. The molecule has 6 heteroatoms. The van der Waals surface area contributed by atoms with Gasteiger partial charge in [0.25, 0.3) is 0 Å². The Balaban J connectivity index is 2.41. The fourth-order valence-corrected chi connectivity index (χ4v) is 1.99. The summed E-state index contributed by atoms with van der Waals surface area (Å²) in [5.41, 5.74) is 2.30. The van der Waals surface area contributed by atoms with Gasteiger partial charge in [-0.05, 0) is 36.3 Å². The van der Waals surface area contributed by atoms with Crippen LogP contribution in [-0.4, -0.2) is 20.6 Å². The number of fused-ring (bicyclic) bond motifs is 1. The molecule has 18 heavy (non-hydrogen) atoms. The predicted molar refractivity (Wildman–Crippen MR) is 65.1 cm³/mol. The maximum atomic E-state index is 12.0. The maximum absolute atomic E-state index is 12.0. The van der Waals surface area contributed by atoms with Crippen molar-refractivity contribution in [3.63, 3.8) is 0 Å². The molecule has 6 nitrogen and oxygen atoms in total. The number of nitrogens with zero attached hydrogens (tertiary/aromatic N) is 3. The molecule has 0 atom stereocenters. The molecular formula is C12H10N4O2. The highest BCUT2D eigenvalue weighted by Crippen LogP contribution is 2.24. The van der Waals surface area contributed by atoms with E-state index in [1.807, 2.05) is 32.0 Å². The highest BCUT2D eigenvalue weighted by Gasteiger charge is 2.16. The summed E-state index contributed by atoms with van der Waals surface area (Å²) in [6.45, 7) is 3.79. The van der Waals surface area contributed by atoms with Crippen molar-refractivity contribution in [2.45, 2.75) is 13.8 Å². The van der Waals surface area contributed by atoms with Crippen LogP contribution in [0.25, 0.3) is 22.4 Å². The van der Waals surface area contributed by atoms with Gasteiger partial charge in [0.2, 0.25) is 5.82 Å². The second-order valence-electron chi connectivity index (χ2n) is 4.12. The van der Waals surface area contributed by atoms with Crippen LogP contribution in [0.1, 0.15) is 11.1 Å². The summed E-state index contributed by atoms with van der Waals surface area (Å²) < 4.78 is 5.30. The molecule has 90 valence electrons. The van der Waals surface area contributed by atoms with Gasteiger partial charge in [0.05, 0.1) is 0 Å². The highest BCUT2D eigenvalue weighted by molar-refractivity contribution is 5.85. The van der Waals surface area contributed by atoms with Crippen molar-refractivity contribution in [2.24, 2.45) is 0 Å². The molecule has 0 spiro atoms. The molecular weight excluding hydrogens is 232 g/mol. The van der Waals surface area contributed by atoms with Gasteiger partial charge in [0, 0.05) is 5.39 Å². The zero-order chi connectivity index (χ0) is 12.7. The smallest absolute Gasteiger partial charge is 0.347 e. The van der Waals surface area contributed by atoms with Gasteiger partial charge in [-0.3, -0.25) is 0 Å². The SMILES string of the molecule is Cc1ccc2c(C)c(-c3nn[nH]n3)c(=O)oc2c1. The first kappa shape index (κ1) is 10.6. The van der Waals surface area contributed by atoms with E-state index in [1.54, 1.807) is 0 Å². The maximum Gasteiger partial charge on any atom is 0.347 e. The standard InChI is InChI=1S/C12H10N4O2/c1-6-3-4-8-7(2)10(11-13-15-16-14-11)12(17)18-9(8)5-6/h3-5H,1-2H3,(H,13,14,15,16). The zero-order valence-electron chi connectivity index (χ0n) is 9.89.